The molecule has 3 amide bonds. The molecular weight excluding hydrogens is 716 g/mol. The molecular formula is C43H43ClN6O5. The number of ether oxygens (including phenoxy) is 2. The fourth-order valence-corrected chi connectivity index (χ4v) is 7.96. The van der Waals surface area contributed by atoms with Crippen LogP contribution < -0.4 is 9.64 Å². The Bertz CT molecular complexity index is 2220. The second-order valence-corrected chi connectivity index (χ2v) is 14.7. The molecule has 1 atom stereocenters. The first-order valence-electron chi connectivity index (χ1n) is 18.7. The maximum absolute atomic E-state index is 15.3. The normalized spacial score (nSPS) is 17.0. The van der Waals surface area contributed by atoms with Gasteiger partial charge in [-0.15, -0.1) is 0 Å². The number of carbonyl (C=O) groups excluding carboxylic acids is 3. The summed E-state index contributed by atoms with van der Waals surface area (Å²) in [7, 11) is 1.69. The fourth-order valence-electron chi connectivity index (χ4n) is 7.76. The van der Waals surface area contributed by atoms with Gasteiger partial charge in [0.2, 0.25) is 0 Å². The molecule has 282 valence electrons. The Labute approximate surface area is 325 Å². The monoisotopic (exact) mass is 758 g/mol. The molecule has 0 N–H and O–H groups in total. The number of benzene rings is 4. The van der Waals surface area contributed by atoms with E-state index in [1.807, 2.05) is 78.6 Å². The van der Waals surface area contributed by atoms with E-state index < -0.39 is 6.09 Å². The quantitative estimate of drug-likeness (QED) is 0.185. The summed E-state index contributed by atoms with van der Waals surface area (Å²) in [5.74, 6) is -0.0555. The number of rotatable bonds is 7. The summed E-state index contributed by atoms with van der Waals surface area (Å²) in [4.78, 5) is 50.0. The van der Waals surface area contributed by atoms with E-state index in [1.165, 1.54) is 10.5 Å². The largest absolute Gasteiger partial charge is 0.415 e. The number of morpholine rings is 1. The Kier molecular flexibility index (Phi) is 10.4. The van der Waals surface area contributed by atoms with E-state index in [1.54, 1.807) is 28.8 Å². The SMILES string of the molecule is Cc1c(Cl)c(C(=O)N(C)c2ccccc2)nn1-c1cc2c(cc1C(=O)N1Cc3ccccc3C[C@H]1CN1CCOCC1)CN(C(=O)Oc1ccccc1)CC2. The third kappa shape index (κ3) is 7.47. The van der Waals surface area contributed by atoms with Crippen molar-refractivity contribution in [3.05, 3.63) is 141 Å². The molecule has 5 aromatic rings. The molecule has 0 aliphatic carbocycles. The summed E-state index contributed by atoms with van der Waals surface area (Å²) in [6, 6.07) is 30.4. The molecule has 11 nitrogen and oxygen atoms in total. The van der Waals surface area contributed by atoms with E-state index in [9.17, 15) is 9.59 Å². The van der Waals surface area contributed by atoms with Crippen LogP contribution in [0.3, 0.4) is 0 Å². The van der Waals surface area contributed by atoms with Gasteiger partial charge in [-0.1, -0.05) is 72.3 Å². The van der Waals surface area contributed by atoms with E-state index in [0.717, 1.165) is 36.2 Å². The van der Waals surface area contributed by atoms with Crippen LogP contribution in [0.5, 0.6) is 5.75 Å². The Morgan fingerprint density at radius 1 is 0.855 bits per heavy atom. The smallest absolute Gasteiger partial charge is 0.410 e. The lowest BCUT2D eigenvalue weighted by atomic mass is 9.91. The van der Waals surface area contributed by atoms with Crippen LogP contribution in [-0.2, 0) is 30.7 Å². The molecule has 4 heterocycles. The molecule has 0 spiro atoms. The summed E-state index contributed by atoms with van der Waals surface area (Å²) in [5, 5.41) is 5.04. The van der Waals surface area contributed by atoms with Crippen LogP contribution in [0.4, 0.5) is 10.5 Å². The van der Waals surface area contributed by atoms with Crippen molar-refractivity contribution in [2.24, 2.45) is 0 Å². The van der Waals surface area contributed by atoms with Gasteiger partial charge >= 0.3 is 6.09 Å². The minimum Gasteiger partial charge on any atom is -0.410 e. The molecule has 3 aliphatic heterocycles. The molecule has 55 heavy (non-hydrogen) atoms. The van der Waals surface area contributed by atoms with E-state index in [-0.39, 0.29) is 35.1 Å². The number of aromatic nitrogens is 2. The number of hydrogen-bond acceptors (Lipinski definition) is 7. The van der Waals surface area contributed by atoms with Gasteiger partial charge in [-0.05, 0) is 78.4 Å². The van der Waals surface area contributed by atoms with Gasteiger partial charge in [-0.3, -0.25) is 14.5 Å². The summed E-state index contributed by atoms with van der Waals surface area (Å²) in [6.07, 6.45) is 0.802. The maximum atomic E-state index is 15.3. The molecule has 0 unspecified atom stereocenters. The molecule has 3 aliphatic rings. The Balaban J connectivity index is 1.19. The Morgan fingerprint density at radius 3 is 2.29 bits per heavy atom. The zero-order valence-corrected chi connectivity index (χ0v) is 31.7. The molecule has 0 bridgehead atoms. The second kappa shape index (κ2) is 15.7. The fraction of sp³-hybridized carbons (Fsp3) is 0.302. The van der Waals surface area contributed by atoms with Gasteiger partial charge in [0.1, 0.15) is 5.75 Å². The van der Waals surface area contributed by atoms with Crippen LogP contribution in [0.2, 0.25) is 5.02 Å². The summed E-state index contributed by atoms with van der Waals surface area (Å²) >= 11 is 6.92. The van der Waals surface area contributed by atoms with Crippen LogP contribution in [0, 0.1) is 6.92 Å². The molecule has 1 saturated heterocycles. The molecule has 4 aromatic carbocycles. The highest BCUT2D eigenvalue weighted by molar-refractivity contribution is 6.35. The average molecular weight is 759 g/mol. The van der Waals surface area contributed by atoms with Gasteiger partial charge < -0.3 is 24.2 Å². The van der Waals surface area contributed by atoms with E-state index in [2.05, 4.69) is 23.1 Å². The van der Waals surface area contributed by atoms with Crippen molar-refractivity contribution >= 4 is 35.2 Å². The molecule has 12 heteroatoms. The third-order valence-corrected chi connectivity index (χ3v) is 11.3. The van der Waals surface area contributed by atoms with Crippen molar-refractivity contribution in [2.75, 3.05) is 51.3 Å². The summed E-state index contributed by atoms with van der Waals surface area (Å²) in [5.41, 5.74) is 6.46. The van der Waals surface area contributed by atoms with Crippen LogP contribution in [0.15, 0.2) is 97.1 Å². The lowest BCUT2D eigenvalue weighted by Gasteiger charge is -2.41. The Hall–Kier alpha value is -5.49. The molecule has 1 fully saturated rings. The topological polar surface area (TPSA) is 100 Å². The summed E-state index contributed by atoms with van der Waals surface area (Å²) in [6.45, 7) is 6.59. The number of anilines is 1. The van der Waals surface area contributed by atoms with Crippen molar-refractivity contribution in [2.45, 2.75) is 38.9 Å². The van der Waals surface area contributed by atoms with Crippen molar-refractivity contribution < 1.29 is 23.9 Å². The second-order valence-electron chi connectivity index (χ2n) is 14.3. The number of carbonyl (C=O) groups is 3. The molecule has 0 saturated carbocycles. The zero-order valence-electron chi connectivity index (χ0n) is 31.0. The van der Waals surface area contributed by atoms with Crippen LogP contribution >= 0.6 is 11.6 Å². The zero-order chi connectivity index (χ0) is 38.1. The van der Waals surface area contributed by atoms with Gasteiger partial charge in [-0.25, -0.2) is 9.48 Å². The maximum Gasteiger partial charge on any atom is 0.415 e. The van der Waals surface area contributed by atoms with Crippen LogP contribution in [0.25, 0.3) is 5.69 Å². The lowest BCUT2D eigenvalue weighted by Crippen LogP contribution is -2.52. The highest BCUT2D eigenvalue weighted by Crippen LogP contribution is 2.34. The van der Waals surface area contributed by atoms with E-state index in [4.69, 9.17) is 26.2 Å². The van der Waals surface area contributed by atoms with Crippen molar-refractivity contribution in [3.8, 4) is 11.4 Å². The Morgan fingerprint density at radius 2 is 1.55 bits per heavy atom. The van der Waals surface area contributed by atoms with Crippen molar-refractivity contribution in [1.82, 2.24) is 24.5 Å². The third-order valence-electron chi connectivity index (χ3n) is 10.9. The first-order valence-corrected chi connectivity index (χ1v) is 19.1. The molecule has 1 aromatic heterocycles. The van der Waals surface area contributed by atoms with Gasteiger partial charge in [0.15, 0.2) is 5.69 Å². The number of halogens is 1. The van der Waals surface area contributed by atoms with Gasteiger partial charge in [0.05, 0.1) is 35.2 Å². The number of fused-ring (bicyclic) bond motifs is 2. The van der Waals surface area contributed by atoms with Gasteiger partial charge in [0.25, 0.3) is 11.8 Å². The number of nitrogens with zero attached hydrogens (tertiary/aromatic N) is 6. The van der Waals surface area contributed by atoms with E-state index >= 15 is 4.79 Å². The first kappa shape index (κ1) is 36.5. The highest BCUT2D eigenvalue weighted by Gasteiger charge is 2.35. The van der Waals surface area contributed by atoms with Crippen molar-refractivity contribution in [3.63, 3.8) is 0 Å². The van der Waals surface area contributed by atoms with Gasteiger partial charge in [0, 0.05) is 58.0 Å². The van der Waals surface area contributed by atoms with E-state index in [0.29, 0.717) is 67.7 Å². The number of para-hydroxylation sites is 2. The van der Waals surface area contributed by atoms with Crippen LogP contribution in [-0.4, -0.2) is 94.9 Å². The average Bonchev–Trinajstić information content (AvgIpc) is 3.52. The minimum absolute atomic E-state index is 0.0913. The minimum atomic E-state index is -0.451. The highest BCUT2D eigenvalue weighted by atomic mass is 35.5. The number of amides is 3. The predicted octanol–water partition coefficient (Wildman–Crippen LogP) is 6.57. The van der Waals surface area contributed by atoms with Gasteiger partial charge in [-0.2, -0.15) is 5.10 Å². The van der Waals surface area contributed by atoms with Crippen molar-refractivity contribution in [1.29, 1.82) is 0 Å². The predicted molar refractivity (Wildman–Crippen MR) is 210 cm³/mol. The standard InChI is InChI=1S/C43H43ClN6O5/c1-29-39(44)40(42(52)46(2)34-13-5-3-6-14-34)45-50(29)38-25-31-17-18-48(43(53)55-36-15-7-4-8-16-36)26-33(31)24-37(38)41(51)49-27-32-12-10-9-11-30(32)23-35(49)28-47-19-21-54-22-20-47/h3-16,24-25,35H,17-23,26-28H2,1-2H3/t35-/m0/s1. The molecule has 0 radical (unpaired) electrons. The summed E-state index contributed by atoms with van der Waals surface area (Å²) < 4.78 is 13.0. The molecule has 8 rings (SSSR count). The number of hydrogen-bond donors (Lipinski definition) is 0. The first-order chi connectivity index (χ1) is 26.7. The lowest BCUT2D eigenvalue weighted by molar-refractivity contribution is 0.0192. The van der Waals surface area contributed by atoms with Crippen LogP contribution in [0.1, 0.15) is 48.8 Å².